The Kier molecular flexibility index (Phi) is 10.2. The Bertz CT molecular complexity index is 1060. The molecule has 1 aliphatic heterocycles. The standard InChI is InChI=1S/C23H29N5O3.C2H2O4/c29-22(19-13-21(16-25-14-19)31-17-18-5-2-1-3-6-18)27-9-11-28(12-10-27)23(30)26-20-7-4-8-24-15-20;3-1(4)2(5)6/h4,7-8,13-16,18H,1-3,5-6,9-12,17H2,(H,26,30);(H,3,4)(H,5,6). The maximum Gasteiger partial charge on any atom is 0.414 e. The third kappa shape index (κ3) is 8.74. The zero-order valence-electron chi connectivity index (χ0n) is 20.4. The molecule has 2 aromatic heterocycles. The van der Waals surface area contributed by atoms with Gasteiger partial charge in [0.2, 0.25) is 0 Å². The number of hydrogen-bond donors (Lipinski definition) is 3. The Labute approximate surface area is 214 Å². The van der Waals surface area contributed by atoms with Crippen LogP contribution in [0.5, 0.6) is 5.75 Å². The van der Waals surface area contributed by atoms with Gasteiger partial charge in [-0.3, -0.25) is 14.8 Å². The zero-order valence-corrected chi connectivity index (χ0v) is 20.4. The number of carboxylic acid groups (broad SMARTS) is 2. The van der Waals surface area contributed by atoms with Crippen LogP contribution in [0.2, 0.25) is 0 Å². The second-order valence-electron chi connectivity index (χ2n) is 8.79. The van der Waals surface area contributed by atoms with Crippen molar-refractivity contribution >= 4 is 29.6 Å². The number of nitrogens with one attached hydrogen (secondary N) is 1. The van der Waals surface area contributed by atoms with Gasteiger partial charge in [0.25, 0.3) is 5.91 Å². The molecule has 37 heavy (non-hydrogen) atoms. The van der Waals surface area contributed by atoms with E-state index in [1.165, 1.54) is 32.1 Å². The third-order valence-electron chi connectivity index (χ3n) is 6.12. The Hall–Kier alpha value is -4.22. The molecule has 0 unspecified atom stereocenters. The van der Waals surface area contributed by atoms with Gasteiger partial charge in [0, 0.05) is 38.6 Å². The van der Waals surface area contributed by atoms with Crippen LogP contribution < -0.4 is 10.1 Å². The summed E-state index contributed by atoms with van der Waals surface area (Å²) in [6, 6.07) is 5.16. The average Bonchev–Trinajstić information content (AvgIpc) is 2.93. The van der Waals surface area contributed by atoms with E-state index in [0.717, 1.165) is 0 Å². The number of rotatable bonds is 5. The molecule has 1 saturated carbocycles. The molecule has 1 aliphatic carbocycles. The van der Waals surface area contributed by atoms with Crippen LogP contribution in [0.4, 0.5) is 10.5 Å². The van der Waals surface area contributed by atoms with Gasteiger partial charge >= 0.3 is 18.0 Å². The monoisotopic (exact) mass is 513 g/mol. The van der Waals surface area contributed by atoms with Crippen LogP contribution in [-0.2, 0) is 9.59 Å². The van der Waals surface area contributed by atoms with Gasteiger partial charge < -0.3 is 30.1 Å². The molecule has 12 nitrogen and oxygen atoms in total. The highest BCUT2D eigenvalue weighted by Gasteiger charge is 2.25. The van der Waals surface area contributed by atoms with E-state index in [1.54, 1.807) is 52.8 Å². The number of carbonyl (C=O) groups excluding carboxylic acids is 2. The van der Waals surface area contributed by atoms with Crippen LogP contribution >= 0.6 is 0 Å². The number of pyridine rings is 2. The topological polar surface area (TPSA) is 162 Å². The Morgan fingerprint density at radius 1 is 0.919 bits per heavy atom. The van der Waals surface area contributed by atoms with E-state index < -0.39 is 11.9 Å². The Balaban J connectivity index is 0.000000568. The van der Waals surface area contributed by atoms with E-state index in [9.17, 15) is 9.59 Å². The summed E-state index contributed by atoms with van der Waals surface area (Å²) in [6.07, 6.45) is 12.8. The van der Waals surface area contributed by atoms with Crippen molar-refractivity contribution in [2.75, 3.05) is 38.1 Å². The number of amides is 3. The van der Waals surface area contributed by atoms with Gasteiger partial charge in [-0.1, -0.05) is 19.3 Å². The molecule has 1 saturated heterocycles. The number of urea groups is 1. The molecule has 0 radical (unpaired) electrons. The summed E-state index contributed by atoms with van der Waals surface area (Å²) in [5, 5.41) is 17.6. The normalized spacial score (nSPS) is 15.7. The number of hydrogen-bond acceptors (Lipinski definition) is 7. The molecular weight excluding hydrogens is 482 g/mol. The lowest BCUT2D eigenvalue weighted by Crippen LogP contribution is -2.51. The number of piperazine rings is 1. The van der Waals surface area contributed by atoms with Gasteiger partial charge in [-0.15, -0.1) is 0 Å². The molecule has 0 bridgehead atoms. The summed E-state index contributed by atoms with van der Waals surface area (Å²) in [5.41, 5.74) is 1.18. The van der Waals surface area contributed by atoms with Crippen LogP contribution in [0.15, 0.2) is 43.0 Å². The first-order valence-electron chi connectivity index (χ1n) is 12.1. The number of aromatic nitrogens is 2. The van der Waals surface area contributed by atoms with Crippen molar-refractivity contribution in [3.63, 3.8) is 0 Å². The molecule has 2 aromatic rings. The van der Waals surface area contributed by atoms with E-state index in [1.807, 2.05) is 0 Å². The van der Waals surface area contributed by atoms with Crippen molar-refractivity contribution in [2.45, 2.75) is 32.1 Å². The third-order valence-corrected chi connectivity index (χ3v) is 6.12. The molecule has 4 rings (SSSR count). The maximum absolute atomic E-state index is 12.9. The largest absolute Gasteiger partial charge is 0.492 e. The molecule has 2 aliphatic rings. The Morgan fingerprint density at radius 3 is 2.22 bits per heavy atom. The van der Waals surface area contributed by atoms with E-state index in [4.69, 9.17) is 24.5 Å². The fourth-order valence-electron chi connectivity index (χ4n) is 4.12. The molecule has 3 heterocycles. The van der Waals surface area contributed by atoms with Crippen LogP contribution in [0.1, 0.15) is 42.5 Å². The van der Waals surface area contributed by atoms with Crippen LogP contribution in [0.3, 0.4) is 0 Å². The average molecular weight is 514 g/mol. The molecule has 2 fully saturated rings. The highest BCUT2D eigenvalue weighted by molar-refractivity contribution is 6.27. The van der Waals surface area contributed by atoms with Crippen molar-refractivity contribution in [3.05, 3.63) is 48.5 Å². The molecule has 0 spiro atoms. The molecular formula is C25H31N5O7. The molecule has 198 valence electrons. The first-order chi connectivity index (χ1) is 17.8. The van der Waals surface area contributed by atoms with Crippen LogP contribution in [0.25, 0.3) is 0 Å². The Morgan fingerprint density at radius 2 is 1.59 bits per heavy atom. The smallest absolute Gasteiger partial charge is 0.414 e. The minimum Gasteiger partial charge on any atom is -0.492 e. The van der Waals surface area contributed by atoms with Gasteiger partial charge in [0.15, 0.2) is 0 Å². The molecule has 3 N–H and O–H groups in total. The first-order valence-corrected chi connectivity index (χ1v) is 12.1. The highest BCUT2D eigenvalue weighted by atomic mass is 16.5. The summed E-state index contributed by atoms with van der Waals surface area (Å²) < 4.78 is 5.93. The summed E-state index contributed by atoms with van der Waals surface area (Å²) in [4.78, 5) is 55.2. The molecule has 0 atom stereocenters. The number of anilines is 1. The second kappa shape index (κ2) is 13.8. The van der Waals surface area contributed by atoms with Crippen molar-refractivity contribution < 1.29 is 34.1 Å². The molecule has 3 amide bonds. The predicted molar refractivity (Wildman–Crippen MR) is 132 cm³/mol. The molecule has 12 heteroatoms. The quantitative estimate of drug-likeness (QED) is 0.510. The lowest BCUT2D eigenvalue weighted by Gasteiger charge is -2.34. The first kappa shape index (κ1) is 27.4. The van der Waals surface area contributed by atoms with E-state index in [2.05, 4.69) is 15.3 Å². The van der Waals surface area contributed by atoms with Gasteiger partial charge in [-0.2, -0.15) is 0 Å². The lowest BCUT2D eigenvalue weighted by molar-refractivity contribution is -0.159. The van der Waals surface area contributed by atoms with Crippen molar-refractivity contribution in [1.82, 2.24) is 19.8 Å². The summed E-state index contributed by atoms with van der Waals surface area (Å²) in [6.45, 7) is 2.59. The van der Waals surface area contributed by atoms with Crippen LogP contribution in [0, 0.1) is 5.92 Å². The van der Waals surface area contributed by atoms with E-state index in [-0.39, 0.29) is 11.9 Å². The second-order valence-corrected chi connectivity index (χ2v) is 8.79. The van der Waals surface area contributed by atoms with Crippen molar-refractivity contribution in [1.29, 1.82) is 0 Å². The van der Waals surface area contributed by atoms with Crippen molar-refractivity contribution in [2.24, 2.45) is 5.92 Å². The number of ether oxygens (including phenoxy) is 1. The lowest BCUT2D eigenvalue weighted by atomic mass is 9.90. The number of carboxylic acids is 2. The fraction of sp³-hybridized carbons (Fsp3) is 0.440. The zero-order chi connectivity index (χ0) is 26.6. The van der Waals surface area contributed by atoms with Gasteiger partial charge in [0.05, 0.1) is 30.3 Å². The minimum absolute atomic E-state index is 0.0806. The van der Waals surface area contributed by atoms with Crippen molar-refractivity contribution in [3.8, 4) is 5.75 Å². The van der Waals surface area contributed by atoms with E-state index >= 15 is 0 Å². The van der Waals surface area contributed by atoms with Gasteiger partial charge in [-0.25, -0.2) is 14.4 Å². The predicted octanol–water partition coefficient (Wildman–Crippen LogP) is 2.58. The summed E-state index contributed by atoms with van der Waals surface area (Å²) >= 11 is 0. The van der Waals surface area contributed by atoms with Gasteiger partial charge in [0.1, 0.15) is 5.75 Å². The minimum atomic E-state index is -1.82. The summed E-state index contributed by atoms with van der Waals surface area (Å²) in [5.74, 6) is -2.49. The fourth-order valence-corrected chi connectivity index (χ4v) is 4.12. The van der Waals surface area contributed by atoms with Gasteiger partial charge in [-0.05, 0) is 37.0 Å². The SMILES string of the molecule is O=C(Nc1cccnc1)N1CCN(C(=O)c2cncc(OCC3CCCCC3)c2)CC1.O=C(O)C(=O)O. The highest BCUT2D eigenvalue weighted by Crippen LogP contribution is 2.25. The molecule has 0 aromatic carbocycles. The number of carbonyl (C=O) groups is 4. The maximum atomic E-state index is 12.9. The number of aliphatic carboxylic acids is 2. The van der Waals surface area contributed by atoms with E-state index in [0.29, 0.717) is 55.7 Å². The summed E-state index contributed by atoms with van der Waals surface area (Å²) in [7, 11) is 0. The number of nitrogens with zero attached hydrogens (tertiary/aromatic N) is 4. The van der Waals surface area contributed by atoms with Crippen LogP contribution in [-0.4, -0.2) is 86.6 Å².